The Morgan fingerprint density at radius 1 is 1.14 bits per heavy atom. The van der Waals surface area contributed by atoms with Crippen molar-refractivity contribution in [3.8, 4) is 5.75 Å². The summed E-state index contributed by atoms with van der Waals surface area (Å²) in [7, 11) is 1.70. The maximum Gasteiger partial charge on any atom is 0.265 e. The number of likely N-dealkylation sites (tertiary alicyclic amines) is 1. The van der Waals surface area contributed by atoms with Crippen molar-refractivity contribution in [1.82, 2.24) is 14.9 Å². The van der Waals surface area contributed by atoms with Gasteiger partial charge in [0.15, 0.2) is 0 Å². The number of carbonyl (C=O) groups is 1. The number of piperidine rings is 1. The lowest BCUT2D eigenvalue weighted by Crippen LogP contribution is -2.38. The Morgan fingerprint density at radius 3 is 2.54 bits per heavy atom. The third kappa shape index (κ3) is 3.49. The summed E-state index contributed by atoms with van der Waals surface area (Å²) in [5.41, 5.74) is 3.07. The number of carbonyl (C=O) groups excluding carboxylic acids is 1. The first-order valence-electron chi connectivity index (χ1n) is 9.64. The molecular formula is C22H25N3O2S. The predicted octanol–water partition coefficient (Wildman–Crippen LogP) is 4.64. The third-order valence-corrected chi connectivity index (χ3v) is 6.62. The summed E-state index contributed by atoms with van der Waals surface area (Å²) < 4.78 is 5.46. The number of amides is 1. The minimum absolute atomic E-state index is 0.119. The number of rotatable bonds is 3. The minimum atomic E-state index is 0.119. The first-order valence-corrected chi connectivity index (χ1v) is 10.5. The largest absolute Gasteiger partial charge is 0.496 e. The molecule has 1 amide bonds. The van der Waals surface area contributed by atoms with Crippen LogP contribution in [0.25, 0.3) is 10.8 Å². The second-order valence-corrected chi connectivity index (χ2v) is 8.70. The molecule has 1 aliphatic rings. The van der Waals surface area contributed by atoms with Crippen molar-refractivity contribution in [2.45, 2.75) is 39.5 Å². The van der Waals surface area contributed by atoms with Gasteiger partial charge in [-0.3, -0.25) is 9.78 Å². The van der Waals surface area contributed by atoms with Gasteiger partial charge in [0, 0.05) is 36.3 Å². The molecule has 3 heterocycles. The lowest BCUT2D eigenvalue weighted by atomic mass is 9.92. The van der Waals surface area contributed by atoms with Gasteiger partial charge in [-0.2, -0.15) is 0 Å². The molecule has 0 saturated carbocycles. The SMILES string of the molecule is COc1cc2cc(C3CCN(C(=O)c4sc(C)nc4C)CC3)ncc2cc1C. The second-order valence-electron chi connectivity index (χ2n) is 7.49. The number of aromatic nitrogens is 2. The highest BCUT2D eigenvalue weighted by Gasteiger charge is 2.27. The maximum atomic E-state index is 12.8. The summed E-state index contributed by atoms with van der Waals surface area (Å²) >= 11 is 1.49. The molecule has 3 aromatic rings. The van der Waals surface area contributed by atoms with Crippen LogP contribution in [0.3, 0.4) is 0 Å². The number of thiazole rings is 1. The standard InChI is InChI=1S/C22H25N3O2S/c1-13-9-18-12-23-19(10-17(18)11-20(13)27-4)16-5-7-25(8-6-16)22(26)21-14(2)24-15(3)28-21/h9-12,16H,5-8H2,1-4H3. The Hall–Kier alpha value is -2.47. The van der Waals surface area contributed by atoms with Crippen molar-refractivity contribution in [3.05, 3.63) is 51.2 Å². The van der Waals surface area contributed by atoms with E-state index < -0.39 is 0 Å². The summed E-state index contributed by atoms with van der Waals surface area (Å²) in [6, 6.07) is 6.38. The smallest absolute Gasteiger partial charge is 0.265 e. The van der Waals surface area contributed by atoms with Crippen LogP contribution in [-0.2, 0) is 0 Å². The quantitative estimate of drug-likeness (QED) is 0.648. The molecule has 4 rings (SSSR count). The topological polar surface area (TPSA) is 55.3 Å². The fourth-order valence-corrected chi connectivity index (χ4v) is 4.89. The fraction of sp³-hybridized carbons (Fsp3) is 0.409. The average molecular weight is 396 g/mol. The van der Waals surface area contributed by atoms with Crippen LogP contribution in [-0.4, -0.2) is 41.0 Å². The van der Waals surface area contributed by atoms with Gasteiger partial charge in [-0.15, -0.1) is 11.3 Å². The number of hydrogen-bond donors (Lipinski definition) is 0. The number of methoxy groups -OCH3 is 1. The molecule has 0 bridgehead atoms. The number of ether oxygens (including phenoxy) is 1. The molecule has 0 unspecified atom stereocenters. The van der Waals surface area contributed by atoms with Crippen molar-refractivity contribution in [2.24, 2.45) is 0 Å². The number of pyridine rings is 1. The van der Waals surface area contributed by atoms with Crippen LogP contribution in [0.5, 0.6) is 5.75 Å². The van der Waals surface area contributed by atoms with E-state index in [2.05, 4.69) is 23.2 Å². The molecular weight excluding hydrogens is 370 g/mol. The van der Waals surface area contributed by atoms with Crippen molar-refractivity contribution in [1.29, 1.82) is 0 Å². The van der Waals surface area contributed by atoms with Gasteiger partial charge in [-0.25, -0.2) is 4.98 Å². The van der Waals surface area contributed by atoms with Crippen molar-refractivity contribution in [2.75, 3.05) is 20.2 Å². The lowest BCUT2D eigenvalue weighted by Gasteiger charge is -2.31. The second kappa shape index (κ2) is 7.51. The van der Waals surface area contributed by atoms with E-state index in [4.69, 9.17) is 9.72 Å². The van der Waals surface area contributed by atoms with E-state index in [0.29, 0.717) is 5.92 Å². The summed E-state index contributed by atoms with van der Waals surface area (Å²) in [5, 5.41) is 3.23. The normalized spacial score (nSPS) is 15.2. The van der Waals surface area contributed by atoms with E-state index in [1.165, 1.54) is 11.3 Å². The first kappa shape index (κ1) is 18.9. The summed E-state index contributed by atoms with van der Waals surface area (Å²) in [4.78, 5) is 24.7. The molecule has 0 atom stereocenters. The monoisotopic (exact) mass is 395 g/mol. The predicted molar refractivity (Wildman–Crippen MR) is 112 cm³/mol. The number of nitrogens with zero attached hydrogens (tertiary/aromatic N) is 3. The highest BCUT2D eigenvalue weighted by molar-refractivity contribution is 7.13. The zero-order chi connectivity index (χ0) is 19.8. The van der Waals surface area contributed by atoms with Crippen LogP contribution in [0.2, 0.25) is 0 Å². The van der Waals surface area contributed by atoms with Gasteiger partial charge >= 0.3 is 0 Å². The molecule has 2 aromatic heterocycles. The van der Waals surface area contributed by atoms with Crippen molar-refractivity contribution in [3.63, 3.8) is 0 Å². The molecule has 1 fully saturated rings. The van der Waals surface area contributed by atoms with Crippen LogP contribution in [0.4, 0.5) is 0 Å². The Balaban J connectivity index is 1.49. The molecule has 0 radical (unpaired) electrons. The van der Waals surface area contributed by atoms with E-state index in [9.17, 15) is 4.79 Å². The molecule has 0 N–H and O–H groups in total. The summed E-state index contributed by atoms with van der Waals surface area (Å²) in [5.74, 6) is 1.40. The van der Waals surface area contributed by atoms with Gasteiger partial charge in [-0.05, 0) is 62.8 Å². The van der Waals surface area contributed by atoms with E-state index >= 15 is 0 Å². The number of fused-ring (bicyclic) bond motifs is 1. The third-order valence-electron chi connectivity index (χ3n) is 5.55. The Labute approximate surface area is 169 Å². The molecule has 1 aromatic carbocycles. The number of aryl methyl sites for hydroxylation is 3. The van der Waals surface area contributed by atoms with Crippen LogP contribution in [0.15, 0.2) is 24.4 Å². The number of benzene rings is 1. The zero-order valence-electron chi connectivity index (χ0n) is 16.8. The van der Waals surface area contributed by atoms with Gasteiger partial charge in [-0.1, -0.05) is 0 Å². The highest BCUT2D eigenvalue weighted by atomic mass is 32.1. The summed E-state index contributed by atoms with van der Waals surface area (Å²) in [6.07, 6.45) is 3.83. The summed E-state index contributed by atoms with van der Waals surface area (Å²) in [6.45, 7) is 7.43. The van der Waals surface area contributed by atoms with Crippen LogP contribution < -0.4 is 4.74 Å². The minimum Gasteiger partial charge on any atom is -0.496 e. The first-order chi connectivity index (χ1) is 13.5. The van der Waals surface area contributed by atoms with Gasteiger partial charge in [0.05, 0.1) is 17.8 Å². The molecule has 0 spiro atoms. The molecule has 146 valence electrons. The molecule has 1 aliphatic heterocycles. The van der Waals surface area contributed by atoms with E-state index in [1.54, 1.807) is 7.11 Å². The molecule has 28 heavy (non-hydrogen) atoms. The molecule has 0 aliphatic carbocycles. The lowest BCUT2D eigenvalue weighted by molar-refractivity contribution is 0.0716. The number of hydrogen-bond acceptors (Lipinski definition) is 5. The van der Waals surface area contributed by atoms with Gasteiger partial charge in [0.25, 0.3) is 5.91 Å². The highest BCUT2D eigenvalue weighted by Crippen LogP contribution is 2.32. The Kier molecular flexibility index (Phi) is 5.06. The molecule has 6 heteroatoms. The van der Waals surface area contributed by atoms with Gasteiger partial charge in [0.1, 0.15) is 10.6 Å². The van der Waals surface area contributed by atoms with Gasteiger partial charge < -0.3 is 9.64 Å². The van der Waals surface area contributed by atoms with Crippen LogP contribution >= 0.6 is 11.3 Å². The van der Waals surface area contributed by atoms with E-state index in [1.807, 2.05) is 31.9 Å². The van der Waals surface area contributed by atoms with Crippen LogP contribution in [0.1, 0.15) is 50.4 Å². The van der Waals surface area contributed by atoms with E-state index in [0.717, 1.165) is 69.3 Å². The average Bonchev–Trinajstić information content (AvgIpc) is 3.04. The Bertz CT molecular complexity index is 1040. The molecule has 1 saturated heterocycles. The van der Waals surface area contributed by atoms with Crippen LogP contribution in [0, 0.1) is 20.8 Å². The van der Waals surface area contributed by atoms with Crippen molar-refractivity contribution >= 4 is 28.0 Å². The van der Waals surface area contributed by atoms with Gasteiger partial charge in [0.2, 0.25) is 0 Å². The van der Waals surface area contributed by atoms with Crippen molar-refractivity contribution < 1.29 is 9.53 Å². The van der Waals surface area contributed by atoms with E-state index in [-0.39, 0.29) is 5.91 Å². The Morgan fingerprint density at radius 2 is 1.89 bits per heavy atom. The fourth-order valence-electron chi connectivity index (χ4n) is 4.00. The maximum absolute atomic E-state index is 12.8. The zero-order valence-corrected chi connectivity index (χ0v) is 17.6. The molecule has 5 nitrogen and oxygen atoms in total.